The Labute approximate surface area is 221 Å². The van der Waals surface area contributed by atoms with Crippen molar-refractivity contribution >= 4 is 17.6 Å². The molecule has 0 radical (unpaired) electrons. The lowest BCUT2D eigenvalue weighted by atomic mass is 9.91. The van der Waals surface area contributed by atoms with Gasteiger partial charge in [-0.25, -0.2) is 0 Å². The van der Waals surface area contributed by atoms with Crippen LogP contribution in [-0.4, -0.2) is 18.1 Å². The molecule has 3 aromatic rings. The Kier molecular flexibility index (Phi) is 9.76. The van der Waals surface area contributed by atoms with Crippen molar-refractivity contribution in [2.75, 3.05) is 6.54 Å². The topological polar surface area (TPSA) is 38.3 Å². The molecule has 0 fully saturated rings. The van der Waals surface area contributed by atoms with Crippen molar-refractivity contribution in [1.82, 2.24) is 5.32 Å². The molecule has 0 aliphatic carbocycles. The first-order chi connectivity index (χ1) is 17.1. The summed E-state index contributed by atoms with van der Waals surface area (Å²) in [5.41, 5.74) is 6.65. The second-order valence-electron chi connectivity index (χ2n) is 10.2. The van der Waals surface area contributed by atoms with Crippen LogP contribution in [0.15, 0.2) is 66.7 Å². The third-order valence-corrected chi connectivity index (χ3v) is 6.10. The van der Waals surface area contributed by atoms with E-state index in [-0.39, 0.29) is 11.9 Å². The quantitative estimate of drug-likeness (QED) is 0.202. The highest BCUT2D eigenvalue weighted by molar-refractivity contribution is 6.30. The van der Waals surface area contributed by atoms with Crippen LogP contribution >= 0.6 is 11.6 Å². The Morgan fingerprint density at radius 2 is 1.69 bits per heavy atom. The maximum Gasteiger partial charge on any atom is 0.307 e. The minimum Gasteiger partial charge on any atom is -0.460 e. The van der Waals surface area contributed by atoms with Crippen LogP contribution in [0.25, 0.3) is 0 Å². The lowest BCUT2D eigenvalue weighted by Crippen LogP contribution is -2.26. The predicted molar refractivity (Wildman–Crippen MR) is 149 cm³/mol. The molecule has 1 unspecified atom stereocenters. The largest absolute Gasteiger partial charge is 0.460 e. The summed E-state index contributed by atoms with van der Waals surface area (Å²) in [6.07, 6.45) is 1.18. The Bertz CT molecular complexity index is 1230. The number of esters is 1. The summed E-state index contributed by atoms with van der Waals surface area (Å²) in [5.74, 6) is 6.71. The molecule has 3 aromatic carbocycles. The molecule has 0 spiro atoms. The van der Waals surface area contributed by atoms with Crippen LogP contribution < -0.4 is 5.32 Å². The maximum atomic E-state index is 11.8. The summed E-state index contributed by atoms with van der Waals surface area (Å²) >= 11 is 6.29. The molecule has 0 bridgehead atoms. The zero-order valence-corrected chi connectivity index (χ0v) is 22.7. The summed E-state index contributed by atoms with van der Waals surface area (Å²) in [4.78, 5) is 11.8. The van der Waals surface area contributed by atoms with Crippen molar-refractivity contribution in [2.45, 2.75) is 65.5 Å². The molecular weight excluding hydrogens is 466 g/mol. The average Bonchev–Trinajstić information content (AvgIpc) is 2.81. The van der Waals surface area contributed by atoms with Gasteiger partial charge in [0.1, 0.15) is 5.60 Å². The highest BCUT2D eigenvalue weighted by Crippen LogP contribution is 2.24. The predicted octanol–water partition coefficient (Wildman–Crippen LogP) is 7.16. The summed E-state index contributed by atoms with van der Waals surface area (Å²) < 4.78 is 5.34. The van der Waals surface area contributed by atoms with Gasteiger partial charge in [0.15, 0.2) is 0 Å². The Morgan fingerprint density at radius 1 is 0.972 bits per heavy atom. The van der Waals surface area contributed by atoms with Crippen LogP contribution in [0, 0.1) is 25.7 Å². The molecule has 0 saturated heterocycles. The number of carbonyl (C=O) groups is 1. The van der Waals surface area contributed by atoms with E-state index in [1.165, 1.54) is 16.7 Å². The molecule has 188 valence electrons. The monoisotopic (exact) mass is 501 g/mol. The van der Waals surface area contributed by atoms with Crippen molar-refractivity contribution in [2.24, 2.45) is 0 Å². The van der Waals surface area contributed by atoms with Gasteiger partial charge in [-0.1, -0.05) is 65.9 Å². The molecule has 3 nitrogen and oxygen atoms in total. The first kappa shape index (κ1) is 27.5. The van der Waals surface area contributed by atoms with E-state index in [0.29, 0.717) is 19.5 Å². The molecule has 36 heavy (non-hydrogen) atoms. The molecule has 0 aliphatic heterocycles. The van der Waals surface area contributed by atoms with Crippen LogP contribution in [0.5, 0.6) is 0 Å². The second kappa shape index (κ2) is 12.8. The Hall–Kier alpha value is -3.06. The summed E-state index contributed by atoms with van der Waals surface area (Å²) in [6.45, 7) is 11.2. The van der Waals surface area contributed by atoms with Gasteiger partial charge in [0.2, 0.25) is 0 Å². The second-order valence-corrected chi connectivity index (χ2v) is 10.6. The fourth-order valence-electron chi connectivity index (χ4n) is 3.83. The third-order valence-electron chi connectivity index (χ3n) is 5.86. The van der Waals surface area contributed by atoms with Gasteiger partial charge in [-0.15, -0.1) is 0 Å². The fraction of sp³-hybridized carbons (Fsp3) is 0.344. The Balaban J connectivity index is 1.64. The minimum absolute atomic E-state index is 0.0417. The number of benzene rings is 3. The first-order valence-corrected chi connectivity index (χ1v) is 12.8. The standard InChI is InChI=1S/C32H36ClNO2/c1-23-9-10-27(19-24(23)2)20-29(28-7-6-8-30(33)21-28)16-15-25-11-13-26(14-12-25)22-34-18-17-31(35)36-32(3,4)5/h6-14,19,21,29,34H,17-18,20,22H2,1-5H3. The van der Waals surface area contributed by atoms with E-state index < -0.39 is 5.60 Å². The lowest BCUT2D eigenvalue weighted by Gasteiger charge is -2.19. The van der Waals surface area contributed by atoms with Crippen LogP contribution in [0.3, 0.4) is 0 Å². The SMILES string of the molecule is Cc1ccc(CC(C#Cc2ccc(CNCCC(=O)OC(C)(C)C)cc2)c2cccc(Cl)c2)cc1C. The number of hydrogen-bond acceptors (Lipinski definition) is 3. The van der Waals surface area contributed by atoms with Gasteiger partial charge >= 0.3 is 5.97 Å². The van der Waals surface area contributed by atoms with Gasteiger partial charge in [-0.3, -0.25) is 4.79 Å². The van der Waals surface area contributed by atoms with Gasteiger partial charge in [-0.2, -0.15) is 0 Å². The highest BCUT2D eigenvalue weighted by Gasteiger charge is 2.15. The molecule has 3 rings (SSSR count). The highest BCUT2D eigenvalue weighted by atomic mass is 35.5. The molecule has 4 heteroatoms. The van der Waals surface area contributed by atoms with Crippen molar-refractivity contribution in [1.29, 1.82) is 0 Å². The Morgan fingerprint density at radius 3 is 2.36 bits per heavy atom. The van der Waals surface area contributed by atoms with Crippen LogP contribution in [0.1, 0.15) is 66.5 Å². The normalized spacial score (nSPS) is 11.9. The van der Waals surface area contributed by atoms with E-state index in [9.17, 15) is 4.79 Å². The molecule has 0 aromatic heterocycles. The van der Waals surface area contributed by atoms with Gasteiger partial charge in [-0.05, 0) is 93.1 Å². The van der Waals surface area contributed by atoms with E-state index in [1.807, 2.05) is 51.1 Å². The molecule has 0 saturated carbocycles. The summed E-state index contributed by atoms with van der Waals surface area (Å²) in [5, 5.41) is 4.03. The third kappa shape index (κ3) is 9.19. The smallest absolute Gasteiger partial charge is 0.307 e. The van der Waals surface area contributed by atoms with E-state index in [2.05, 4.69) is 67.4 Å². The number of ether oxygens (including phenoxy) is 1. The van der Waals surface area contributed by atoms with E-state index in [1.54, 1.807) is 0 Å². The van der Waals surface area contributed by atoms with Crippen molar-refractivity contribution in [3.8, 4) is 11.8 Å². The van der Waals surface area contributed by atoms with Crippen LogP contribution in [0.2, 0.25) is 5.02 Å². The lowest BCUT2D eigenvalue weighted by molar-refractivity contribution is -0.154. The molecule has 0 aliphatic rings. The number of hydrogen-bond donors (Lipinski definition) is 1. The maximum absolute atomic E-state index is 11.8. The zero-order valence-electron chi connectivity index (χ0n) is 22.0. The zero-order chi connectivity index (χ0) is 26.1. The van der Waals surface area contributed by atoms with Gasteiger partial charge in [0.05, 0.1) is 6.42 Å². The number of halogens is 1. The number of nitrogens with one attached hydrogen (secondary N) is 1. The first-order valence-electron chi connectivity index (χ1n) is 12.4. The molecule has 0 heterocycles. The van der Waals surface area contributed by atoms with Gasteiger partial charge < -0.3 is 10.1 Å². The molecular formula is C32H36ClNO2. The van der Waals surface area contributed by atoms with E-state index >= 15 is 0 Å². The number of aryl methyl sites for hydroxylation is 2. The van der Waals surface area contributed by atoms with Crippen LogP contribution in [0.4, 0.5) is 0 Å². The number of rotatable bonds is 8. The van der Waals surface area contributed by atoms with Gasteiger partial charge in [0, 0.05) is 29.6 Å². The van der Waals surface area contributed by atoms with Crippen molar-refractivity contribution in [3.05, 3.63) is 105 Å². The van der Waals surface area contributed by atoms with Crippen molar-refractivity contribution < 1.29 is 9.53 Å². The number of carbonyl (C=O) groups excluding carboxylic acids is 1. The van der Waals surface area contributed by atoms with E-state index in [4.69, 9.17) is 16.3 Å². The average molecular weight is 502 g/mol. The fourth-order valence-corrected chi connectivity index (χ4v) is 4.03. The molecule has 1 atom stereocenters. The minimum atomic E-state index is -0.446. The molecule has 0 amide bonds. The van der Waals surface area contributed by atoms with Gasteiger partial charge in [0.25, 0.3) is 0 Å². The van der Waals surface area contributed by atoms with Crippen LogP contribution in [-0.2, 0) is 22.5 Å². The summed E-state index contributed by atoms with van der Waals surface area (Å²) in [7, 11) is 0. The molecule has 1 N–H and O–H groups in total. The van der Waals surface area contributed by atoms with Crippen molar-refractivity contribution in [3.63, 3.8) is 0 Å². The van der Waals surface area contributed by atoms with E-state index in [0.717, 1.165) is 28.1 Å². The summed E-state index contributed by atoms with van der Waals surface area (Å²) in [6, 6.07) is 22.8.